The Kier molecular flexibility index (Phi) is 10.7. The van der Waals surface area contributed by atoms with Gasteiger partial charge in [0.2, 0.25) is 17.7 Å². The van der Waals surface area contributed by atoms with E-state index in [4.69, 9.17) is 4.74 Å². The minimum Gasteiger partial charge on any atom is -0.394 e. The van der Waals surface area contributed by atoms with Crippen LogP contribution in [0, 0.1) is 17.8 Å². The fraction of sp³-hybridized carbons (Fsp3) is 0.781. The van der Waals surface area contributed by atoms with Gasteiger partial charge in [0.05, 0.1) is 30.1 Å². The third kappa shape index (κ3) is 5.38. The second-order valence-corrected chi connectivity index (χ2v) is 12.5. The predicted molar refractivity (Wildman–Crippen MR) is 157 cm³/mol. The summed E-state index contributed by atoms with van der Waals surface area (Å²) in [6.07, 6.45) is 8.26. The van der Waals surface area contributed by atoms with Crippen LogP contribution in [-0.4, -0.2) is 93.1 Å². The van der Waals surface area contributed by atoms with Gasteiger partial charge in [-0.15, -0.1) is 13.2 Å². The lowest BCUT2D eigenvalue weighted by Gasteiger charge is -2.41. The number of hydrogen-bond acceptors (Lipinski definition) is 5. The molecule has 8 heteroatoms. The second kappa shape index (κ2) is 13.2. The molecule has 3 aliphatic heterocycles. The van der Waals surface area contributed by atoms with E-state index < -0.39 is 35.1 Å². The number of likely N-dealkylation sites (tertiary alicyclic amines) is 1. The van der Waals surface area contributed by atoms with E-state index >= 15 is 0 Å². The molecule has 40 heavy (non-hydrogen) atoms. The quantitative estimate of drug-likeness (QED) is 0.287. The fourth-order valence-electron chi connectivity index (χ4n) is 7.79. The van der Waals surface area contributed by atoms with Gasteiger partial charge >= 0.3 is 0 Å². The Morgan fingerprint density at radius 1 is 1.10 bits per heavy atom. The fourth-order valence-corrected chi connectivity index (χ4v) is 7.79. The van der Waals surface area contributed by atoms with Gasteiger partial charge in [0.1, 0.15) is 11.6 Å². The summed E-state index contributed by atoms with van der Waals surface area (Å²) in [4.78, 5) is 48.8. The number of aliphatic hydroxyl groups excluding tert-OH is 1. The maximum absolute atomic E-state index is 14.7. The predicted octanol–water partition coefficient (Wildman–Crippen LogP) is 4.18. The van der Waals surface area contributed by atoms with E-state index in [-0.39, 0.29) is 36.3 Å². The van der Waals surface area contributed by atoms with Crippen LogP contribution in [0.2, 0.25) is 0 Å². The van der Waals surface area contributed by atoms with Crippen molar-refractivity contribution in [2.45, 2.75) is 116 Å². The van der Waals surface area contributed by atoms with Gasteiger partial charge < -0.3 is 24.5 Å². The van der Waals surface area contributed by atoms with Crippen LogP contribution >= 0.6 is 0 Å². The zero-order chi connectivity index (χ0) is 29.8. The van der Waals surface area contributed by atoms with Gasteiger partial charge in [-0.05, 0) is 51.4 Å². The van der Waals surface area contributed by atoms with Crippen LogP contribution in [-0.2, 0) is 19.1 Å². The first-order valence-corrected chi connectivity index (χ1v) is 15.5. The topological polar surface area (TPSA) is 90.4 Å². The Hall–Kier alpha value is -2.19. The summed E-state index contributed by atoms with van der Waals surface area (Å²) in [5.41, 5.74) is -1.90. The molecule has 0 aliphatic carbocycles. The molecule has 3 fully saturated rings. The third-order valence-corrected chi connectivity index (χ3v) is 9.47. The molecule has 3 amide bonds. The molecule has 3 unspecified atom stereocenters. The van der Waals surface area contributed by atoms with E-state index in [1.807, 2.05) is 39.5 Å². The van der Waals surface area contributed by atoms with Crippen molar-refractivity contribution < 1.29 is 24.2 Å². The van der Waals surface area contributed by atoms with E-state index in [1.165, 1.54) is 0 Å². The lowest BCUT2D eigenvalue weighted by atomic mass is 9.64. The molecule has 7 atom stereocenters. The standard InChI is InChI=1S/C32H53N3O5/c1-9-14-23(8)34(19-12-4)30(39)27-32-16-15-31(13-5,40-32)25(28(37)33(17-10-2)18-11-3)26(32)29(38)35(27)24(21-36)20-22(6)7/h10,12,22-27,36H,2,4,9,11,13-21H2,1,3,5-8H3/t23?,24-,25+,26+,27?,31-,32?/m1/s1. The van der Waals surface area contributed by atoms with Gasteiger partial charge in [-0.25, -0.2) is 0 Å². The Balaban J connectivity index is 2.19. The molecule has 8 nitrogen and oxygen atoms in total. The van der Waals surface area contributed by atoms with Crippen LogP contribution in [0.3, 0.4) is 0 Å². The summed E-state index contributed by atoms with van der Waals surface area (Å²) in [6.45, 7) is 21.1. The molecular weight excluding hydrogens is 506 g/mol. The molecule has 0 aromatic heterocycles. The van der Waals surface area contributed by atoms with Crippen molar-refractivity contribution in [3.05, 3.63) is 25.3 Å². The molecule has 0 saturated carbocycles. The lowest BCUT2D eigenvalue weighted by Crippen LogP contribution is -2.60. The highest BCUT2D eigenvalue weighted by molar-refractivity contribution is 5.99. The Bertz CT molecular complexity index is 953. The monoisotopic (exact) mass is 559 g/mol. The molecule has 3 saturated heterocycles. The van der Waals surface area contributed by atoms with E-state index in [9.17, 15) is 19.5 Å². The summed E-state index contributed by atoms with van der Waals surface area (Å²) in [5, 5.41) is 10.6. The minimum absolute atomic E-state index is 0.0515. The summed E-state index contributed by atoms with van der Waals surface area (Å²) in [6, 6.07) is -1.49. The smallest absolute Gasteiger partial charge is 0.248 e. The SMILES string of the molecule is C=CCN(CCC)C(=O)[C@@H]1[C@H]2C(=O)N([C@@H](CO)CC(C)C)C(C(=O)N(CC=C)C(C)CCC)C23CC[C@@]1(CC)O3. The van der Waals surface area contributed by atoms with Gasteiger partial charge in [0.15, 0.2) is 0 Å². The van der Waals surface area contributed by atoms with Gasteiger partial charge in [-0.3, -0.25) is 14.4 Å². The average molecular weight is 560 g/mol. The molecule has 0 aromatic carbocycles. The first-order chi connectivity index (χ1) is 19.0. The number of carbonyl (C=O) groups excluding carboxylic acids is 3. The van der Waals surface area contributed by atoms with Crippen LogP contribution in [0.15, 0.2) is 25.3 Å². The van der Waals surface area contributed by atoms with Crippen molar-refractivity contribution in [1.29, 1.82) is 0 Å². The van der Waals surface area contributed by atoms with Crippen molar-refractivity contribution in [2.24, 2.45) is 17.8 Å². The van der Waals surface area contributed by atoms with Gasteiger partial charge in [-0.1, -0.05) is 53.2 Å². The molecule has 3 rings (SSSR count). The average Bonchev–Trinajstić information content (AvgIpc) is 3.53. The van der Waals surface area contributed by atoms with Crippen LogP contribution in [0.1, 0.15) is 86.5 Å². The zero-order valence-corrected chi connectivity index (χ0v) is 25.7. The van der Waals surface area contributed by atoms with Crippen molar-refractivity contribution >= 4 is 17.7 Å². The molecule has 1 N–H and O–H groups in total. The van der Waals surface area contributed by atoms with Gasteiger partial charge in [0, 0.05) is 25.7 Å². The lowest BCUT2D eigenvalue weighted by molar-refractivity contribution is -0.159. The molecular formula is C32H53N3O5. The van der Waals surface area contributed by atoms with Crippen molar-refractivity contribution in [2.75, 3.05) is 26.2 Å². The number of aliphatic hydroxyl groups is 1. The van der Waals surface area contributed by atoms with E-state index in [0.29, 0.717) is 45.3 Å². The Labute approximate surface area is 241 Å². The number of carbonyl (C=O) groups is 3. The number of amides is 3. The van der Waals surface area contributed by atoms with Crippen molar-refractivity contribution in [1.82, 2.24) is 14.7 Å². The summed E-state index contributed by atoms with van der Waals surface area (Å²) in [7, 11) is 0. The summed E-state index contributed by atoms with van der Waals surface area (Å²) >= 11 is 0. The van der Waals surface area contributed by atoms with Crippen LogP contribution in [0.25, 0.3) is 0 Å². The largest absolute Gasteiger partial charge is 0.394 e. The second-order valence-electron chi connectivity index (χ2n) is 12.5. The summed E-state index contributed by atoms with van der Waals surface area (Å²) < 4.78 is 6.97. The Morgan fingerprint density at radius 2 is 1.77 bits per heavy atom. The molecule has 3 aliphatic rings. The normalized spacial score (nSPS) is 30.4. The molecule has 0 radical (unpaired) electrons. The van der Waals surface area contributed by atoms with E-state index in [2.05, 4.69) is 20.1 Å². The van der Waals surface area contributed by atoms with E-state index in [0.717, 1.165) is 19.3 Å². The molecule has 2 bridgehead atoms. The summed E-state index contributed by atoms with van der Waals surface area (Å²) in [5.74, 6) is -1.74. The molecule has 3 heterocycles. The number of fused-ring (bicyclic) bond motifs is 1. The van der Waals surface area contributed by atoms with E-state index in [1.54, 1.807) is 22.0 Å². The number of rotatable bonds is 16. The highest BCUT2D eigenvalue weighted by atomic mass is 16.5. The highest BCUT2D eigenvalue weighted by Gasteiger charge is 2.79. The number of nitrogens with zero attached hydrogens (tertiary/aromatic N) is 3. The van der Waals surface area contributed by atoms with Gasteiger partial charge in [-0.2, -0.15) is 0 Å². The molecule has 226 valence electrons. The maximum atomic E-state index is 14.7. The molecule has 1 spiro atoms. The van der Waals surface area contributed by atoms with Crippen LogP contribution < -0.4 is 0 Å². The molecule has 0 aromatic rings. The maximum Gasteiger partial charge on any atom is 0.248 e. The first kappa shape index (κ1) is 32.3. The first-order valence-electron chi connectivity index (χ1n) is 15.5. The zero-order valence-electron chi connectivity index (χ0n) is 25.7. The minimum atomic E-state index is -1.10. The number of hydrogen-bond donors (Lipinski definition) is 1. The van der Waals surface area contributed by atoms with Crippen molar-refractivity contribution in [3.8, 4) is 0 Å². The van der Waals surface area contributed by atoms with Crippen molar-refractivity contribution in [3.63, 3.8) is 0 Å². The Morgan fingerprint density at radius 3 is 2.30 bits per heavy atom. The van der Waals surface area contributed by atoms with Crippen LogP contribution in [0.5, 0.6) is 0 Å². The van der Waals surface area contributed by atoms with Crippen LogP contribution in [0.4, 0.5) is 0 Å². The van der Waals surface area contributed by atoms with Gasteiger partial charge in [0.25, 0.3) is 0 Å². The third-order valence-electron chi connectivity index (χ3n) is 9.47. The highest BCUT2D eigenvalue weighted by Crippen LogP contribution is 2.65. The number of ether oxygens (including phenoxy) is 1.